The number of furan rings is 1. The van der Waals surface area contributed by atoms with Gasteiger partial charge in [-0.15, -0.1) is 0 Å². The lowest BCUT2D eigenvalue weighted by Crippen LogP contribution is -2.37. The lowest BCUT2D eigenvalue weighted by atomic mass is 9.64. The zero-order valence-corrected chi connectivity index (χ0v) is 30.4. The van der Waals surface area contributed by atoms with E-state index in [2.05, 4.69) is 168 Å². The molecule has 0 fully saturated rings. The van der Waals surface area contributed by atoms with Crippen molar-refractivity contribution in [3.63, 3.8) is 0 Å². The second-order valence-electron chi connectivity index (χ2n) is 14.2. The van der Waals surface area contributed by atoms with Crippen LogP contribution in [0.5, 0.6) is 0 Å². The summed E-state index contributed by atoms with van der Waals surface area (Å²) in [5.74, 6) is 0. The fourth-order valence-electron chi connectivity index (χ4n) is 9.37. The first kappa shape index (κ1) is 30.3. The second kappa shape index (κ2) is 11.2. The van der Waals surface area contributed by atoms with Crippen molar-refractivity contribution in [3.8, 4) is 11.1 Å². The van der Waals surface area contributed by atoms with Crippen molar-refractivity contribution in [1.82, 2.24) is 0 Å². The van der Waals surface area contributed by atoms with Gasteiger partial charge in [0.05, 0.1) is 22.5 Å². The summed E-state index contributed by atoms with van der Waals surface area (Å²) in [7, 11) is 0. The summed E-state index contributed by atoms with van der Waals surface area (Å²) in [6, 6.07) is 63.8. The largest absolute Gasteiger partial charge is 0.456 e. The zero-order chi connectivity index (χ0) is 35.5. The maximum Gasteiger partial charge on any atom is 0.135 e. The number of hydrogen-bond donors (Lipinski definition) is 0. The highest BCUT2D eigenvalue weighted by Gasteiger charge is 2.53. The summed E-state index contributed by atoms with van der Waals surface area (Å²) in [6.45, 7) is 0. The first-order chi connectivity index (χ1) is 26.7. The lowest BCUT2D eigenvalue weighted by Gasteiger charge is -2.47. The molecule has 0 amide bonds. The molecule has 9 aromatic rings. The average Bonchev–Trinajstić information content (AvgIpc) is 3.72. The summed E-state index contributed by atoms with van der Waals surface area (Å²) in [6.07, 6.45) is 0. The van der Waals surface area contributed by atoms with E-state index in [0.29, 0.717) is 5.02 Å². The number of hydrogen-bond acceptors (Lipinski definition) is 4. The molecule has 54 heavy (non-hydrogen) atoms. The Bertz CT molecular complexity index is 3030. The Kier molecular flexibility index (Phi) is 6.26. The topological polar surface area (TPSA) is 19.6 Å². The monoisotopic (exact) mass is 728 g/mol. The van der Waals surface area contributed by atoms with Crippen LogP contribution in [-0.4, -0.2) is 0 Å². The van der Waals surface area contributed by atoms with Gasteiger partial charge in [0.25, 0.3) is 0 Å². The number of rotatable bonds is 3. The minimum absolute atomic E-state index is 0.545. The van der Waals surface area contributed by atoms with Crippen LogP contribution in [0.3, 0.4) is 0 Å². The van der Waals surface area contributed by atoms with E-state index in [1.54, 1.807) is 0 Å². The predicted octanol–water partition coefficient (Wildman–Crippen LogP) is 14.3. The van der Waals surface area contributed by atoms with Crippen molar-refractivity contribution in [2.75, 3.05) is 9.80 Å². The molecule has 1 aliphatic carbocycles. The van der Waals surface area contributed by atoms with Crippen LogP contribution in [0.4, 0.5) is 34.1 Å². The fourth-order valence-corrected chi connectivity index (χ4v) is 10.6. The Labute approximate surface area is 321 Å². The second-order valence-corrected chi connectivity index (χ2v) is 15.7. The fraction of sp³-hybridized carbons (Fsp3) is 0.0204. The number of para-hydroxylation sites is 4. The molecule has 3 nitrogen and oxygen atoms in total. The molecule has 12 rings (SSSR count). The van der Waals surface area contributed by atoms with Gasteiger partial charge in [0, 0.05) is 42.6 Å². The van der Waals surface area contributed by atoms with E-state index in [1.165, 1.54) is 60.2 Å². The van der Waals surface area contributed by atoms with Crippen molar-refractivity contribution >= 4 is 79.4 Å². The predicted molar refractivity (Wildman–Crippen MR) is 223 cm³/mol. The van der Waals surface area contributed by atoms with Gasteiger partial charge in [0.1, 0.15) is 11.2 Å². The number of anilines is 6. The molecule has 3 aliphatic rings. The zero-order valence-electron chi connectivity index (χ0n) is 28.8. The molecule has 2 aliphatic heterocycles. The molecule has 5 heteroatoms. The third-order valence-electron chi connectivity index (χ3n) is 11.5. The van der Waals surface area contributed by atoms with E-state index in [9.17, 15) is 0 Å². The minimum atomic E-state index is -0.545. The van der Waals surface area contributed by atoms with Crippen molar-refractivity contribution in [2.24, 2.45) is 0 Å². The number of nitrogens with zero attached hydrogens (tertiary/aromatic N) is 2. The highest BCUT2D eigenvalue weighted by molar-refractivity contribution is 7.99. The molecule has 1 unspecified atom stereocenters. The molecule has 0 bridgehead atoms. The molecule has 0 saturated heterocycles. The summed E-state index contributed by atoms with van der Waals surface area (Å²) in [4.78, 5) is 7.42. The van der Waals surface area contributed by atoms with E-state index in [1.807, 2.05) is 30.0 Å². The Hall–Kier alpha value is -6.20. The van der Waals surface area contributed by atoms with Gasteiger partial charge in [-0.2, -0.15) is 0 Å². The van der Waals surface area contributed by atoms with E-state index >= 15 is 0 Å². The number of benzene rings is 8. The van der Waals surface area contributed by atoms with Crippen molar-refractivity contribution in [3.05, 3.63) is 203 Å². The van der Waals surface area contributed by atoms with Gasteiger partial charge in [-0.1, -0.05) is 114 Å². The van der Waals surface area contributed by atoms with Crippen LogP contribution in [0.15, 0.2) is 190 Å². The maximum atomic E-state index is 6.51. The van der Waals surface area contributed by atoms with E-state index < -0.39 is 5.41 Å². The molecule has 254 valence electrons. The number of halogens is 1. The van der Waals surface area contributed by atoms with Gasteiger partial charge in [0.15, 0.2) is 0 Å². The van der Waals surface area contributed by atoms with Crippen molar-refractivity contribution < 1.29 is 4.42 Å². The molecule has 0 saturated carbocycles. The van der Waals surface area contributed by atoms with E-state index in [0.717, 1.165) is 39.0 Å². The molecular formula is C49H29ClN2OS. The van der Waals surface area contributed by atoms with Gasteiger partial charge >= 0.3 is 0 Å². The highest BCUT2D eigenvalue weighted by Crippen LogP contribution is 2.67. The molecule has 3 heterocycles. The van der Waals surface area contributed by atoms with Crippen LogP contribution in [-0.2, 0) is 5.41 Å². The summed E-state index contributed by atoms with van der Waals surface area (Å²) < 4.78 is 6.26. The van der Waals surface area contributed by atoms with E-state index in [-0.39, 0.29) is 0 Å². The minimum Gasteiger partial charge on any atom is -0.456 e. The Balaban J connectivity index is 1.15. The standard InChI is InChI=1S/C49H29ClN2OS/c50-30-21-25-44-36(27-30)37-28-32(23-26-45(37)53-44)51(31-11-2-1-3-12-31)33-22-24-35-34-13-4-5-14-38(34)49(41(35)29-33)39-15-6-7-17-42(39)52-43-18-8-9-19-46(43)54-47-20-10-16-40(49)48(47)52/h1-29H. The van der Waals surface area contributed by atoms with Gasteiger partial charge in [-0.3, -0.25) is 0 Å². The van der Waals surface area contributed by atoms with Crippen LogP contribution in [0, 0.1) is 0 Å². The number of fused-ring (bicyclic) bond motifs is 14. The normalized spacial score (nSPS) is 15.8. The molecular weight excluding hydrogens is 700 g/mol. The van der Waals surface area contributed by atoms with Gasteiger partial charge in [-0.05, 0) is 118 Å². The van der Waals surface area contributed by atoms with Crippen molar-refractivity contribution in [1.29, 1.82) is 0 Å². The van der Waals surface area contributed by atoms with Crippen LogP contribution in [0.25, 0.3) is 33.1 Å². The van der Waals surface area contributed by atoms with Crippen molar-refractivity contribution in [2.45, 2.75) is 15.2 Å². The molecule has 1 spiro atoms. The van der Waals surface area contributed by atoms with Crippen LogP contribution < -0.4 is 9.80 Å². The molecule has 8 aromatic carbocycles. The summed E-state index contributed by atoms with van der Waals surface area (Å²) in [5.41, 5.74) is 15.8. The first-order valence-corrected chi connectivity index (χ1v) is 19.4. The van der Waals surface area contributed by atoms with E-state index in [4.69, 9.17) is 16.0 Å². The molecule has 1 aromatic heterocycles. The Morgan fingerprint density at radius 2 is 1.13 bits per heavy atom. The smallest absolute Gasteiger partial charge is 0.135 e. The Morgan fingerprint density at radius 3 is 2.02 bits per heavy atom. The van der Waals surface area contributed by atoms with Crippen LogP contribution in [0.2, 0.25) is 5.02 Å². The Morgan fingerprint density at radius 1 is 0.481 bits per heavy atom. The SMILES string of the molecule is Clc1ccc2oc3ccc(N(c4ccccc4)c4ccc5c(c4)C4(c6ccccc6-5)c5ccccc5N5c6ccccc6Sc6cccc4c65)cc3c2c1. The van der Waals surface area contributed by atoms with Gasteiger partial charge in [-0.25, -0.2) is 0 Å². The maximum absolute atomic E-state index is 6.51. The third kappa shape index (κ3) is 3.99. The molecule has 1 atom stereocenters. The van der Waals surface area contributed by atoms with Gasteiger partial charge < -0.3 is 14.2 Å². The third-order valence-corrected chi connectivity index (χ3v) is 12.8. The molecule has 0 radical (unpaired) electrons. The summed E-state index contributed by atoms with van der Waals surface area (Å²) in [5, 5.41) is 2.73. The van der Waals surface area contributed by atoms with Crippen LogP contribution in [0.1, 0.15) is 22.3 Å². The average molecular weight is 729 g/mol. The highest BCUT2D eigenvalue weighted by atomic mass is 35.5. The van der Waals surface area contributed by atoms with Gasteiger partial charge in [0.2, 0.25) is 0 Å². The summed E-state index contributed by atoms with van der Waals surface area (Å²) >= 11 is 8.37. The quantitative estimate of drug-likeness (QED) is 0.180. The van der Waals surface area contributed by atoms with Crippen LogP contribution >= 0.6 is 23.4 Å². The molecule has 0 N–H and O–H groups in total. The lowest BCUT2D eigenvalue weighted by molar-refractivity contribution is 0.669. The first-order valence-electron chi connectivity index (χ1n) is 18.2.